The highest BCUT2D eigenvalue weighted by molar-refractivity contribution is 5.80. The van der Waals surface area contributed by atoms with Crippen LogP contribution in [0.3, 0.4) is 0 Å². The Kier molecular flexibility index (Phi) is 3.59. The molecule has 1 aliphatic carbocycles. The lowest BCUT2D eigenvalue weighted by atomic mass is 9.73. The van der Waals surface area contributed by atoms with Crippen molar-refractivity contribution in [2.45, 2.75) is 38.6 Å². The lowest BCUT2D eigenvalue weighted by Gasteiger charge is -2.38. The van der Waals surface area contributed by atoms with E-state index in [1.54, 1.807) is 0 Å². The van der Waals surface area contributed by atoms with Crippen LogP contribution in [0.4, 0.5) is 0 Å². The Bertz CT molecular complexity index is 290. The molecule has 4 heteroatoms. The maximum atomic E-state index is 11.6. The number of rotatable bonds is 2. The Morgan fingerprint density at radius 3 is 3.06 bits per heavy atom. The van der Waals surface area contributed by atoms with Gasteiger partial charge in [0.25, 0.3) is 0 Å². The average Bonchev–Trinajstić information content (AvgIpc) is 2.28. The molecule has 3 unspecified atom stereocenters. The molecule has 1 saturated carbocycles. The van der Waals surface area contributed by atoms with Crippen molar-refractivity contribution >= 4 is 11.8 Å². The number of hydrogen-bond acceptors (Lipinski definition) is 4. The van der Waals surface area contributed by atoms with Gasteiger partial charge < -0.3 is 10.1 Å². The topological polar surface area (TPSA) is 55.4 Å². The zero-order valence-corrected chi connectivity index (χ0v) is 9.70. The average molecular weight is 225 g/mol. The van der Waals surface area contributed by atoms with Crippen molar-refractivity contribution in [3.8, 4) is 0 Å². The van der Waals surface area contributed by atoms with Gasteiger partial charge in [-0.1, -0.05) is 0 Å². The van der Waals surface area contributed by atoms with Crippen LogP contribution in [0.25, 0.3) is 0 Å². The molecule has 0 aromatic carbocycles. The van der Waals surface area contributed by atoms with Crippen molar-refractivity contribution < 1.29 is 14.3 Å². The van der Waals surface area contributed by atoms with Gasteiger partial charge >= 0.3 is 5.97 Å². The van der Waals surface area contributed by atoms with Crippen LogP contribution < -0.4 is 5.32 Å². The molecule has 1 N–H and O–H groups in total. The van der Waals surface area contributed by atoms with Crippen LogP contribution >= 0.6 is 0 Å². The summed E-state index contributed by atoms with van der Waals surface area (Å²) >= 11 is 0. The van der Waals surface area contributed by atoms with E-state index in [2.05, 4.69) is 5.32 Å². The van der Waals surface area contributed by atoms with Gasteiger partial charge in [-0.25, -0.2) is 0 Å². The van der Waals surface area contributed by atoms with E-state index in [0.717, 1.165) is 19.4 Å². The van der Waals surface area contributed by atoms with Gasteiger partial charge in [-0.05, 0) is 38.1 Å². The Morgan fingerprint density at radius 1 is 1.50 bits per heavy atom. The third kappa shape index (κ3) is 2.43. The number of piperidine rings is 1. The van der Waals surface area contributed by atoms with Crippen molar-refractivity contribution in [3.63, 3.8) is 0 Å². The molecule has 1 saturated heterocycles. The molecule has 0 aromatic rings. The normalized spacial score (nSPS) is 34.3. The Labute approximate surface area is 95.7 Å². The summed E-state index contributed by atoms with van der Waals surface area (Å²) in [6.07, 6.45) is 3.11. The van der Waals surface area contributed by atoms with E-state index in [1.807, 2.05) is 6.92 Å². The summed E-state index contributed by atoms with van der Waals surface area (Å²) in [7, 11) is 0. The Balaban J connectivity index is 1.92. The van der Waals surface area contributed by atoms with Crippen molar-refractivity contribution in [1.82, 2.24) is 5.32 Å². The fourth-order valence-corrected chi connectivity index (χ4v) is 2.79. The number of ether oxygens (including phenoxy) is 1. The molecule has 2 aliphatic rings. The predicted octanol–water partition coefficient (Wildman–Crippen LogP) is 0.897. The number of carbonyl (C=O) groups is 2. The molecule has 16 heavy (non-hydrogen) atoms. The lowest BCUT2D eigenvalue weighted by molar-refractivity contribution is -0.147. The summed E-state index contributed by atoms with van der Waals surface area (Å²) < 4.78 is 5.00. The summed E-state index contributed by atoms with van der Waals surface area (Å²) in [6, 6.07) is -0.202. The van der Waals surface area contributed by atoms with Crippen LogP contribution in [-0.4, -0.2) is 30.9 Å². The first-order valence-corrected chi connectivity index (χ1v) is 6.12. The van der Waals surface area contributed by atoms with Crippen LogP contribution in [-0.2, 0) is 14.3 Å². The molecule has 0 spiro atoms. The first-order chi connectivity index (χ1) is 7.70. The summed E-state index contributed by atoms with van der Waals surface area (Å²) in [5.41, 5.74) is 0. The first kappa shape index (κ1) is 11.6. The quantitative estimate of drug-likeness (QED) is 0.709. The highest BCUT2D eigenvalue weighted by Crippen LogP contribution is 2.34. The van der Waals surface area contributed by atoms with E-state index in [1.165, 1.54) is 0 Å². The zero-order valence-electron chi connectivity index (χ0n) is 9.70. The maximum absolute atomic E-state index is 11.6. The fourth-order valence-electron chi connectivity index (χ4n) is 2.79. The molecule has 2 fully saturated rings. The van der Waals surface area contributed by atoms with Crippen molar-refractivity contribution in [3.05, 3.63) is 0 Å². The molecule has 2 rings (SSSR count). The van der Waals surface area contributed by atoms with Crippen LogP contribution in [0.2, 0.25) is 0 Å². The second kappa shape index (κ2) is 4.95. The first-order valence-electron chi connectivity index (χ1n) is 6.12. The van der Waals surface area contributed by atoms with E-state index >= 15 is 0 Å². The predicted molar refractivity (Wildman–Crippen MR) is 58.9 cm³/mol. The summed E-state index contributed by atoms with van der Waals surface area (Å²) in [5.74, 6) is 1.14. The van der Waals surface area contributed by atoms with Gasteiger partial charge in [0.1, 0.15) is 11.8 Å². The lowest BCUT2D eigenvalue weighted by Crippen LogP contribution is -2.50. The second-order valence-corrected chi connectivity index (χ2v) is 4.75. The largest absolute Gasteiger partial charge is 0.465 e. The van der Waals surface area contributed by atoms with Crippen LogP contribution in [0.5, 0.6) is 0 Å². The number of esters is 1. The molecule has 0 bridgehead atoms. The minimum absolute atomic E-state index is 0.168. The Hall–Kier alpha value is -0.900. The molecule has 1 aliphatic heterocycles. The molecular weight excluding hydrogens is 206 g/mol. The highest BCUT2D eigenvalue weighted by atomic mass is 16.5. The molecule has 0 aromatic heterocycles. The number of Topliss-reactive ketones (excluding diaryl/α,β-unsaturated/α-hetero) is 1. The van der Waals surface area contributed by atoms with Gasteiger partial charge in [0.05, 0.1) is 6.61 Å². The number of ketones is 1. The SMILES string of the molecule is CCOC(=O)C1CC2CC(=O)CCC2CN1. The van der Waals surface area contributed by atoms with E-state index in [4.69, 9.17) is 4.74 Å². The third-order valence-electron chi connectivity index (χ3n) is 3.69. The van der Waals surface area contributed by atoms with Gasteiger partial charge in [0.2, 0.25) is 0 Å². The minimum atomic E-state index is -0.202. The van der Waals surface area contributed by atoms with Crippen molar-refractivity contribution in [2.75, 3.05) is 13.2 Å². The van der Waals surface area contributed by atoms with E-state index in [0.29, 0.717) is 37.1 Å². The second-order valence-electron chi connectivity index (χ2n) is 4.75. The molecule has 1 heterocycles. The summed E-state index contributed by atoms with van der Waals surface area (Å²) in [6.45, 7) is 3.08. The van der Waals surface area contributed by atoms with Crippen LogP contribution in [0.1, 0.15) is 32.6 Å². The molecule has 3 atom stereocenters. The molecule has 0 amide bonds. The van der Waals surface area contributed by atoms with Gasteiger partial charge in [-0.3, -0.25) is 9.59 Å². The van der Waals surface area contributed by atoms with E-state index < -0.39 is 0 Å². The van der Waals surface area contributed by atoms with E-state index in [-0.39, 0.29) is 12.0 Å². The number of hydrogen-bond donors (Lipinski definition) is 1. The van der Waals surface area contributed by atoms with Crippen molar-refractivity contribution in [1.29, 1.82) is 0 Å². The molecule has 4 nitrogen and oxygen atoms in total. The molecular formula is C12H19NO3. The maximum Gasteiger partial charge on any atom is 0.323 e. The number of carbonyl (C=O) groups excluding carboxylic acids is 2. The monoisotopic (exact) mass is 225 g/mol. The van der Waals surface area contributed by atoms with Gasteiger partial charge in [-0.15, -0.1) is 0 Å². The smallest absolute Gasteiger partial charge is 0.323 e. The Morgan fingerprint density at radius 2 is 2.31 bits per heavy atom. The summed E-state index contributed by atoms with van der Waals surface area (Å²) in [4.78, 5) is 23.0. The minimum Gasteiger partial charge on any atom is -0.465 e. The van der Waals surface area contributed by atoms with Gasteiger partial charge in [-0.2, -0.15) is 0 Å². The zero-order chi connectivity index (χ0) is 11.5. The van der Waals surface area contributed by atoms with Gasteiger partial charge in [0.15, 0.2) is 0 Å². The fraction of sp³-hybridized carbons (Fsp3) is 0.833. The van der Waals surface area contributed by atoms with Crippen LogP contribution in [0.15, 0.2) is 0 Å². The highest BCUT2D eigenvalue weighted by Gasteiger charge is 2.37. The standard InChI is InChI=1S/C12H19NO3/c1-2-16-12(15)11-6-9-5-10(14)4-3-8(9)7-13-11/h8-9,11,13H,2-7H2,1H3. The van der Waals surface area contributed by atoms with E-state index in [9.17, 15) is 9.59 Å². The van der Waals surface area contributed by atoms with Crippen LogP contribution in [0, 0.1) is 11.8 Å². The number of nitrogens with one attached hydrogen (secondary N) is 1. The number of fused-ring (bicyclic) bond motifs is 1. The molecule has 90 valence electrons. The van der Waals surface area contributed by atoms with Crippen molar-refractivity contribution in [2.24, 2.45) is 11.8 Å². The third-order valence-corrected chi connectivity index (χ3v) is 3.69. The molecule has 0 radical (unpaired) electrons. The van der Waals surface area contributed by atoms with Gasteiger partial charge in [0, 0.05) is 12.8 Å². The summed E-state index contributed by atoms with van der Waals surface area (Å²) in [5, 5.41) is 3.23.